The van der Waals surface area contributed by atoms with Crippen molar-refractivity contribution in [2.45, 2.75) is 0 Å². The van der Waals surface area contributed by atoms with E-state index >= 15 is 0 Å². The van der Waals surface area contributed by atoms with Gasteiger partial charge < -0.3 is 4.18 Å². The van der Waals surface area contributed by atoms with Gasteiger partial charge in [0.2, 0.25) is 0 Å². The highest BCUT2D eigenvalue weighted by atomic mass is 32.2. The van der Waals surface area contributed by atoms with Crippen molar-refractivity contribution in [2.75, 3.05) is 6.26 Å². The number of rotatable bonds is 2. The average molecular weight is 215 g/mol. The molecular formula is C8H6FNO3S. The molecule has 4 nitrogen and oxygen atoms in total. The van der Waals surface area contributed by atoms with Gasteiger partial charge in [-0.15, -0.1) is 0 Å². The van der Waals surface area contributed by atoms with E-state index < -0.39 is 15.9 Å². The van der Waals surface area contributed by atoms with E-state index in [2.05, 4.69) is 4.18 Å². The van der Waals surface area contributed by atoms with Crippen molar-refractivity contribution >= 4 is 10.1 Å². The molecular weight excluding hydrogens is 209 g/mol. The monoisotopic (exact) mass is 215 g/mol. The molecule has 0 spiro atoms. The molecule has 14 heavy (non-hydrogen) atoms. The fourth-order valence-electron chi connectivity index (χ4n) is 0.813. The summed E-state index contributed by atoms with van der Waals surface area (Å²) in [5, 5.41) is 8.39. The SMILES string of the molecule is CS(=O)(=O)Oc1ccc(C#N)c(F)c1. The van der Waals surface area contributed by atoms with Gasteiger partial charge in [0.05, 0.1) is 11.8 Å². The Morgan fingerprint density at radius 3 is 2.57 bits per heavy atom. The summed E-state index contributed by atoms with van der Waals surface area (Å²) in [4.78, 5) is 0. The Balaban J connectivity index is 3.06. The smallest absolute Gasteiger partial charge is 0.306 e. The van der Waals surface area contributed by atoms with E-state index in [9.17, 15) is 12.8 Å². The van der Waals surface area contributed by atoms with Crippen LogP contribution < -0.4 is 4.18 Å². The van der Waals surface area contributed by atoms with Crippen LogP contribution in [0.5, 0.6) is 5.75 Å². The minimum absolute atomic E-state index is 0.149. The van der Waals surface area contributed by atoms with Gasteiger partial charge in [0.15, 0.2) is 0 Å². The van der Waals surface area contributed by atoms with Crippen molar-refractivity contribution in [2.24, 2.45) is 0 Å². The van der Waals surface area contributed by atoms with Crippen LogP contribution in [-0.2, 0) is 10.1 Å². The normalized spacial score (nSPS) is 10.6. The zero-order chi connectivity index (χ0) is 10.8. The Kier molecular flexibility index (Phi) is 2.72. The first kappa shape index (κ1) is 10.5. The first-order chi connectivity index (χ1) is 6.42. The molecule has 0 heterocycles. The van der Waals surface area contributed by atoms with E-state index in [1.54, 1.807) is 6.07 Å². The molecule has 0 aromatic heterocycles. The van der Waals surface area contributed by atoms with Gasteiger partial charge in [-0.3, -0.25) is 0 Å². The molecule has 0 saturated heterocycles. The summed E-state index contributed by atoms with van der Waals surface area (Å²) in [5.41, 5.74) is -0.161. The van der Waals surface area contributed by atoms with Crippen LogP contribution in [0.25, 0.3) is 0 Å². The van der Waals surface area contributed by atoms with Gasteiger partial charge in [0.1, 0.15) is 17.6 Å². The van der Waals surface area contributed by atoms with Gasteiger partial charge in [-0.25, -0.2) is 4.39 Å². The topological polar surface area (TPSA) is 67.2 Å². The molecule has 0 atom stereocenters. The van der Waals surface area contributed by atoms with Crippen LogP contribution in [-0.4, -0.2) is 14.7 Å². The Bertz CT molecular complexity index is 490. The summed E-state index contributed by atoms with van der Waals surface area (Å²) >= 11 is 0. The number of halogens is 1. The second-order valence-electron chi connectivity index (χ2n) is 2.54. The lowest BCUT2D eigenvalue weighted by atomic mass is 10.2. The minimum Gasteiger partial charge on any atom is -0.382 e. The lowest BCUT2D eigenvalue weighted by Gasteiger charge is -2.02. The van der Waals surface area contributed by atoms with E-state index in [4.69, 9.17) is 5.26 Å². The molecule has 0 aliphatic carbocycles. The third-order valence-electron chi connectivity index (χ3n) is 1.31. The lowest BCUT2D eigenvalue weighted by molar-refractivity contribution is 0.490. The molecule has 1 aromatic rings. The molecule has 0 saturated carbocycles. The Morgan fingerprint density at radius 1 is 1.50 bits per heavy atom. The molecule has 74 valence electrons. The van der Waals surface area contributed by atoms with E-state index in [1.807, 2.05) is 0 Å². The summed E-state index contributed by atoms with van der Waals surface area (Å²) in [6, 6.07) is 4.81. The summed E-state index contributed by atoms with van der Waals surface area (Å²) in [6.45, 7) is 0. The number of hydrogen-bond donors (Lipinski definition) is 0. The van der Waals surface area contributed by atoms with Crippen molar-refractivity contribution in [3.05, 3.63) is 29.6 Å². The summed E-state index contributed by atoms with van der Waals surface area (Å²) in [7, 11) is -3.66. The third kappa shape index (κ3) is 2.71. The number of benzene rings is 1. The van der Waals surface area contributed by atoms with Crippen LogP contribution >= 0.6 is 0 Å². The maximum atomic E-state index is 12.9. The summed E-state index contributed by atoms with van der Waals surface area (Å²) < 4.78 is 38.6. The van der Waals surface area contributed by atoms with Crippen LogP contribution in [0, 0.1) is 17.1 Å². The fraction of sp³-hybridized carbons (Fsp3) is 0.125. The molecule has 0 radical (unpaired) electrons. The van der Waals surface area contributed by atoms with E-state index in [-0.39, 0.29) is 11.3 Å². The van der Waals surface area contributed by atoms with Gasteiger partial charge in [-0.2, -0.15) is 13.7 Å². The lowest BCUT2D eigenvalue weighted by Crippen LogP contribution is -2.05. The van der Waals surface area contributed by atoms with Gasteiger partial charge >= 0.3 is 10.1 Å². The first-order valence-corrected chi connectivity index (χ1v) is 5.33. The second-order valence-corrected chi connectivity index (χ2v) is 4.12. The molecule has 0 N–H and O–H groups in total. The zero-order valence-corrected chi connectivity index (χ0v) is 8.01. The van der Waals surface area contributed by atoms with Gasteiger partial charge in [0.25, 0.3) is 0 Å². The summed E-state index contributed by atoms with van der Waals surface area (Å²) in [6.07, 6.45) is 0.850. The van der Waals surface area contributed by atoms with Crippen LogP contribution in [0.2, 0.25) is 0 Å². The van der Waals surface area contributed by atoms with Gasteiger partial charge in [-0.1, -0.05) is 0 Å². The Hall–Kier alpha value is -1.61. The van der Waals surface area contributed by atoms with Crippen LogP contribution in [0.4, 0.5) is 4.39 Å². The standard InChI is InChI=1S/C8H6FNO3S/c1-14(11,12)13-7-3-2-6(5-10)8(9)4-7/h2-4H,1H3. The van der Waals surface area contributed by atoms with Crippen molar-refractivity contribution in [1.82, 2.24) is 0 Å². The van der Waals surface area contributed by atoms with Crippen molar-refractivity contribution in [1.29, 1.82) is 5.26 Å². The van der Waals surface area contributed by atoms with Gasteiger partial charge in [-0.05, 0) is 12.1 Å². The zero-order valence-electron chi connectivity index (χ0n) is 7.19. The fourth-order valence-corrected chi connectivity index (χ4v) is 1.27. The first-order valence-electron chi connectivity index (χ1n) is 3.51. The molecule has 0 aliphatic heterocycles. The molecule has 6 heteroatoms. The number of nitrogens with zero attached hydrogens (tertiary/aromatic N) is 1. The highest BCUT2D eigenvalue weighted by Crippen LogP contribution is 2.17. The van der Waals surface area contributed by atoms with Crippen molar-refractivity contribution in [3.8, 4) is 11.8 Å². The molecule has 0 fully saturated rings. The van der Waals surface area contributed by atoms with Crippen LogP contribution in [0.1, 0.15) is 5.56 Å². The average Bonchev–Trinajstić information content (AvgIpc) is 2.01. The van der Waals surface area contributed by atoms with Crippen LogP contribution in [0.15, 0.2) is 18.2 Å². The summed E-state index contributed by atoms with van der Waals surface area (Å²) in [5.74, 6) is -0.961. The Labute approximate surface area is 80.7 Å². The van der Waals surface area contributed by atoms with Crippen molar-refractivity contribution in [3.63, 3.8) is 0 Å². The molecule has 0 bridgehead atoms. The highest BCUT2D eigenvalue weighted by Gasteiger charge is 2.07. The van der Waals surface area contributed by atoms with E-state index in [1.165, 1.54) is 6.07 Å². The van der Waals surface area contributed by atoms with Crippen LogP contribution in [0.3, 0.4) is 0 Å². The quantitative estimate of drug-likeness (QED) is 0.691. The highest BCUT2D eigenvalue weighted by molar-refractivity contribution is 7.86. The van der Waals surface area contributed by atoms with Crippen molar-refractivity contribution < 1.29 is 17.0 Å². The predicted octanol–water partition coefficient (Wildman–Crippen LogP) is 1.04. The number of nitriles is 1. The predicted molar refractivity (Wildman–Crippen MR) is 46.6 cm³/mol. The van der Waals surface area contributed by atoms with E-state index in [0.29, 0.717) is 0 Å². The molecule has 0 amide bonds. The third-order valence-corrected chi connectivity index (χ3v) is 1.80. The second kappa shape index (κ2) is 3.64. The number of hydrogen-bond acceptors (Lipinski definition) is 4. The Morgan fingerprint density at radius 2 is 2.14 bits per heavy atom. The molecule has 0 aliphatic rings. The van der Waals surface area contributed by atoms with E-state index in [0.717, 1.165) is 18.4 Å². The molecule has 0 unspecified atom stereocenters. The largest absolute Gasteiger partial charge is 0.382 e. The minimum atomic E-state index is -3.66. The van der Waals surface area contributed by atoms with Gasteiger partial charge in [0, 0.05) is 6.07 Å². The maximum absolute atomic E-state index is 12.9. The maximum Gasteiger partial charge on any atom is 0.306 e. The molecule has 1 rings (SSSR count). The molecule has 1 aromatic carbocycles.